The van der Waals surface area contributed by atoms with Crippen molar-refractivity contribution in [2.24, 2.45) is 0 Å². The number of unbranched alkanes of at least 4 members (excludes halogenated alkanes) is 8. The van der Waals surface area contributed by atoms with Gasteiger partial charge in [0.25, 0.3) is 0 Å². The maximum atomic E-state index is 14.5. The van der Waals surface area contributed by atoms with Crippen LogP contribution in [0.4, 0.5) is 0 Å². The van der Waals surface area contributed by atoms with Gasteiger partial charge in [0.2, 0.25) is 0 Å². The topological polar surface area (TPSA) is 107 Å². The molecule has 0 aliphatic rings. The SMILES string of the molecule is CCCCP(CCCC)(CCCC)(CCCC)OC(=O)c1cc(C(=O)OP(CCCC)(CCCC)(CCCC)CCCC)cc(S(=O)(=O)O)c1. The summed E-state index contributed by atoms with van der Waals surface area (Å²) in [5.41, 5.74) is -0.0155. The molecule has 7 nitrogen and oxygen atoms in total. The van der Waals surface area contributed by atoms with Crippen molar-refractivity contribution in [1.82, 2.24) is 0 Å². The fourth-order valence-corrected chi connectivity index (χ4v) is 21.8. The predicted molar refractivity (Wildman–Crippen MR) is 219 cm³/mol. The Morgan fingerprint density at radius 3 is 0.880 bits per heavy atom. The molecule has 0 unspecified atom stereocenters. The molecule has 294 valence electrons. The molecule has 1 aromatic rings. The molecule has 0 atom stereocenters. The molecule has 0 saturated carbocycles. The Morgan fingerprint density at radius 2 is 0.700 bits per heavy atom. The monoisotopic (exact) mass is 762 g/mol. The van der Waals surface area contributed by atoms with Crippen molar-refractivity contribution in [3.8, 4) is 0 Å². The average Bonchev–Trinajstić information content (AvgIpc) is 3.11. The molecule has 0 saturated heterocycles. The molecule has 0 aliphatic carbocycles. The van der Waals surface area contributed by atoms with E-state index in [-0.39, 0.29) is 11.1 Å². The van der Waals surface area contributed by atoms with E-state index in [0.29, 0.717) is 0 Å². The fraction of sp³-hybridized carbons (Fsp3) is 0.800. The van der Waals surface area contributed by atoms with Crippen LogP contribution in [0.25, 0.3) is 0 Å². The maximum absolute atomic E-state index is 14.5. The van der Waals surface area contributed by atoms with Gasteiger partial charge in [0.05, 0.1) is 0 Å². The van der Waals surface area contributed by atoms with Crippen LogP contribution in [-0.4, -0.2) is 74.2 Å². The van der Waals surface area contributed by atoms with Gasteiger partial charge in [0, 0.05) is 0 Å². The van der Waals surface area contributed by atoms with Crippen LogP contribution < -0.4 is 0 Å². The molecule has 1 N–H and O–H groups in total. The zero-order valence-corrected chi connectivity index (χ0v) is 36.0. The second-order valence-corrected chi connectivity index (χ2v) is 28.1. The second kappa shape index (κ2) is 22.2. The van der Waals surface area contributed by atoms with Crippen LogP contribution in [0.5, 0.6) is 0 Å². The first-order valence-corrected chi connectivity index (χ1v) is 27.6. The second-order valence-electron chi connectivity index (χ2n) is 15.3. The summed E-state index contributed by atoms with van der Waals surface area (Å²) in [6.45, 7) is 11.2. The van der Waals surface area contributed by atoms with Crippen molar-refractivity contribution >= 4 is 35.7 Å². The molecule has 1 rings (SSSR count). The van der Waals surface area contributed by atoms with Gasteiger partial charge in [-0.2, -0.15) is 0 Å². The van der Waals surface area contributed by atoms with E-state index in [2.05, 4.69) is 55.4 Å². The van der Waals surface area contributed by atoms with Crippen LogP contribution >= 0.6 is 13.7 Å². The molecule has 0 bridgehead atoms. The zero-order valence-electron chi connectivity index (χ0n) is 33.4. The molecular formula is C40H76O7P2S. The van der Waals surface area contributed by atoms with Gasteiger partial charge >= 0.3 is 309 Å². The van der Waals surface area contributed by atoms with Gasteiger partial charge in [-0.25, -0.2) is 0 Å². The Balaban J connectivity index is 3.98. The Hall–Kier alpha value is -1.07. The minimum atomic E-state index is -4.74. The summed E-state index contributed by atoms with van der Waals surface area (Å²) in [6, 6.07) is 3.83. The summed E-state index contributed by atoms with van der Waals surface area (Å²) < 4.78 is 49.5. The van der Waals surface area contributed by atoms with Gasteiger partial charge in [-0.1, -0.05) is 0 Å². The minimum absolute atomic E-state index is 0.00776. The van der Waals surface area contributed by atoms with E-state index in [9.17, 15) is 22.6 Å². The third-order valence-corrected chi connectivity index (χ3v) is 24.8. The van der Waals surface area contributed by atoms with Crippen molar-refractivity contribution < 1.29 is 31.6 Å². The van der Waals surface area contributed by atoms with Crippen LogP contribution in [0, 0.1) is 0 Å². The summed E-state index contributed by atoms with van der Waals surface area (Å²) in [7, 11) is -4.74. The molecule has 0 aromatic heterocycles. The van der Waals surface area contributed by atoms with E-state index in [1.165, 1.54) is 18.2 Å². The van der Waals surface area contributed by atoms with E-state index in [4.69, 9.17) is 9.05 Å². The average molecular weight is 763 g/mol. The van der Waals surface area contributed by atoms with Crippen molar-refractivity contribution in [3.63, 3.8) is 0 Å². The molecule has 0 heterocycles. The molecule has 0 aliphatic heterocycles. The van der Waals surface area contributed by atoms with Crippen molar-refractivity contribution in [3.05, 3.63) is 29.3 Å². The Morgan fingerprint density at radius 1 is 0.480 bits per heavy atom. The van der Waals surface area contributed by atoms with Crippen molar-refractivity contribution in [2.45, 2.75) is 163 Å². The number of rotatable bonds is 29. The molecule has 0 radical (unpaired) electrons. The molecule has 50 heavy (non-hydrogen) atoms. The normalized spacial score (nSPS) is 14.0. The summed E-state index contributed by atoms with van der Waals surface area (Å²) in [4.78, 5) is 28.5. The van der Waals surface area contributed by atoms with Crippen LogP contribution in [0.1, 0.15) is 179 Å². The third kappa shape index (κ3) is 13.7. The fourth-order valence-electron chi connectivity index (χ4n) is 7.73. The standard InChI is InChI=1S/C40H76O7P2S/c1-9-17-25-48(26-18-10-2,27-19-11-3,28-20-12-4)46-39(41)36-33-37(35-38(34-36)50(43,44)45)40(42)47-49(29-21-13-5,30-22-14-6,31-23-15-7)32-24-16-8/h33-35H,9-32H2,1-8H3,(H,43,44,45). The summed E-state index contributed by atoms with van der Waals surface area (Å²) in [6.07, 6.45) is 22.5. The number of hydrogen-bond acceptors (Lipinski definition) is 6. The van der Waals surface area contributed by atoms with Gasteiger partial charge < -0.3 is 0 Å². The molecule has 10 heteroatoms. The van der Waals surface area contributed by atoms with Crippen LogP contribution in [0.15, 0.2) is 23.1 Å². The Labute approximate surface area is 308 Å². The summed E-state index contributed by atoms with van der Waals surface area (Å²) in [5, 5.41) is 0. The Bertz CT molecular complexity index is 1110. The first-order chi connectivity index (χ1) is 23.7. The number of carbonyl (C=O) groups excluding carboxylic acids is 2. The summed E-state index contributed by atoms with van der Waals surface area (Å²) in [5.74, 6) is -1.18. The summed E-state index contributed by atoms with van der Waals surface area (Å²) >= 11 is 0. The van der Waals surface area contributed by atoms with Crippen molar-refractivity contribution in [2.75, 3.05) is 49.3 Å². The van der Waals surface area contributed by atoms with Crippen LogP contribution in [0.3, 0.4) is 0 Å². The molecule has 0 spiro atoms. The van der Waals surface area contributed by atoms with Gasteiger partial charge in [-0.15, -0.1) is 0 Å². The first kappa shape index (κ1) is 47.0. The van der Waals surface area contributed by atoms with Crippen LogP contribution in [-0.2, 0) is 19.2 Å². The van der Waals surface area contributed by atoms with Gasteiger partial charge in [-0.05, 0) is 0 Å². The first-order valence-electron chi connectivity index (χ1n) is 20.3. The Kier molecular flexibility index (Phi) is 20.9. The van der Waals surface area contributed by atoms with Crippen LogP contribution in [0.2, 0.25) is 0 Å². The number of hydrogen-bond donors (Lipinski definition) is 1. The van der Waals surface area contributed by atoms with E-state index < -0.39 is 40.6 Å². The van der Waals surface area contributed by atoms with E-state index in [1.54, 1.807) is 0 Å². The molecule has 0 amide bonds. The number of benzene rings is 1. The van der Waals surface area contributed by atoms with E-state index in [0.717, 1.165) is 152 Å². The van der Waals surface area contributed by atoms with E-state index in [1.807, 2.05) is 0 Å². The van der Waals surface area contributed by atoms with Gasteiger partial charge in [0.1, 0.15) is 0 Å². The molecule has 1 aromatic carbocycles. The molecule has 0 fully saturated rings. The number of carbonyl (C=O) groups is 2. The quantitative estimate of drug-likeness (QED) is 0.0639. The van der Waals surface area contributed by atoms with Crippen molar-refractivity contribution in [1.29, 1.82) is 0 Å². The van der Waals surface area contributed by atoms with Gasteiger partial charge in [0.15, 0.2) is 0 Å². The molecular weight excluding hydrogens is 686 g/mol. The van der Waals surface area contributed by atoms with E-state index >= 15 is 0 Å². The predicted octanol–water partition coefficient (Wildman–Crippen LogP) is 12.6. The van der Waals surface area contributed by atoms with Gasteiger partial charge in [-0.3, -0.25) is 0 Å². The third-order valence-electron chi connectivity index (χ3n) is 11.0. The zero-order chi connectivity index (χ0) is 37.8.